The Balaban J connectivity index is 1.76. The molecule has 28 heavy (non-hydrogen) atoms. The maximum Gasteiger partial charge on any atom is 0.229 e. The molecular formula is C20H22O8. The molecule has 1 saturated heterocycles. The van der Waals surface area contributed by atoms with Crippen LogP contribution in [-0.2, 0) is 4.74 Å². The van der Waals surface area contributed by atoms with Gasteiger partial charge in [-0.2, -0.15) is 0 Å². The smallest absolute Gasteiger partial charge is 0.229 e. The Labute approximate surface area is 161 Å². The maximum atomic E-state index is 10.1. The van der Waals surface area contributed by atoms with Crippen molar-refractivity contribution in [2.75, 3.05) is 6.61 Å². The van der Waals surface area contributed by atoms with E-state index in [0.717, 1.165) is 5.56 Å². The molecule has 5 atom stereocenters. The first kappa shape index (κ1) is 20.1. The zero-order chi connectivity index (χ0) is 20.3. The molecule has 3 rings (SSSR count). The topological polar surface area (TPSA) is 140 Å². The quantitative estimate of drug-likeness (QED) is 0.405. The van der Waals surface area contributed by atoms with E-state index in [1.54, 1.807) is 42.5 Å². The Hall–Kier alpha value is -2.62. The van der Waals surface area contributed by atoms with Gasteiger partial charge in [-0.05, 0) is 35.4 Å². The van der Waals surface area contributed by atoms with E-state index in [2.05, 4.69) is 0 Å². The summed E-state index contributed by atoms with van der Waals surface area (Å²) in [5.74, 6) is 0.229. The summed E-state index contributed by atoms with van der Waals surface area (Å²) in [5.41, 5.74) is 1.42. The second-order valence-electron chi connectivity index (χ2n) is 6.50. The molecule has 6 N–H and O–H groups in total. The predicted octanol–water partition coefficient (Wildman–Crippen LogP) is 0.447. The van der Waals surface area contributed by atoms with E-state index in [1.807, 2.05) is 0 Å². The molecule has 0 saturated carbocycles. The summed E-state index contributed by atoms with van der Waals surface area (Å²) in [5, 5.41) is 58.2. The van der Waals surface area contributed by atoms with E-state index in [9.17, 15) is 30.6 Å². The van der Waals surface area contributed by atoms with Crippen molar-refractivity contribution in [3.63, 3.8) is 0 Å². The molecule has 1 fully saturated rings. The number of aromatic hydroxyl groups is 2. The van der Waals surface area contributed by atoms with Crippen molar-refractivity contribution in [3.05, 3.63) is 53.6 Å². The molecule has 0 unspecified atom stereocenters. The normalized spacial score (nSPS) is 27.8. The van der Waals surface area contributed by atoms with Crippen LogP contribution in [0.4, 0.5) is 0 Å². The number of benzene rings is 2. The minimum Gasteiger partial charge on any atom is -0.508 e. The fourth-order valence-corrected chi connectivity index (χ4v) is 2.85. The molecule has 2 aromatic carbocycles. The van der Waals surface area contributed by atoms with Gasteiger partial charge in [-0.15, -0.1) is 0 Å². The molecule has 2 aromatic rings. The number of aliphatic hydroxyl groups excluding tert-OH is 4. The number of phenolic OH excluding ortho intramolecular Hbond substituents is 2. The number of hydrogen-bond acceptors (Lipinski definition) is 8. The molecule has 1 heterocycles. The molecule has 1 aliphatic heterocycles. The van der Waals surface area contributed by atoms with Crippen molar-refractivity contribution in [1.82, 2.24) is 0 Å². The second kappa shape index (κ2) is 8.59. The summed E-state index contributed by atoms with van der Waals surface area (Å²) >= 11 is 0. The molecular weight excluding hydrogens is 368 g/mol. The summed E-state index contributed by atoms with van der Waals surface area (Å²) in [6, 6.07) is 10.9. The number of phenols is 2. The van der Waals surface area contributed by atoms with Crippen LogP contribution in [0.1, 0.15) is 11.1 Å². The van der Waals surface area contributed by atoms with Gasteiger partial charge >= 0.3 is 0 Å². The van der Waals surface area contributed by atoms with Crippen molar-refractivity contribution in [2.24, 2.45) is 0 Å². The van der Waals surface area contributed by atoms with Crippen LogP contribution in [0.2, 0.25) is 0 Å². The van der Waals surface area contributed by atoms with Crippen molar-refractivity contribution < 1.29 is 40.1 Å². The standard InChI is InChI=1S/C20H22O8/c21-10-16-17(24)18(25)19(26)20(28-16)27-15-8-12(7-14(23)9-15)2-1-11-3-5-13(22)6-4-11/h1-9,16-26H,10H2/b2-1-/t16-,17+,18+,19+,20+/m0/s1. The van der Waals surface area contributed by atoms with E-state index in [4.69, 9.17) is 9.47 Å². The largest absolute Gasteiger partial charge is 0.508 e. The van der Waals surface area contributed by atoms with Gasteiger partial charge in [0.1, 0.15) is 41.7 Å². The highest BCUT2D eigenvalue weighted by Gasteiger charge is 2.44. The molecule has 0 spiro atoms. The lowest BCUT2D eigenvalue weighted by Crippen LogP contribution is -2.60. The third kappa shape index (κ3) is 4.61. The van der Waals surface area contributed by atoms with E-state index in [0.29, 0.717) is 5.56 Å². The van der Waals surface area contributed by atoms with Crippen LogP contribution in [0.25, 0.3) is 12.2 Å². The zero-order valence-corrected chi connectivity index (χ0v) is 14.8. The summed E-state index contributed by atoms with van der Waals surface area (Å²) in [6.07, 6.45) is -3.52. The molecule has 8 nitrogen and oxygen atoms in total. The Morgan fingerprint density at radius 3 is 2.18 bits per heavy atom. The van der Waals surface area contributed by atoms with Gasteiger partial charge in [-0.25, -0.2) is 0 Å². The van der Waals surface area contributed by atoms with Gasteiger partial charge in [0.2, 0.25) is 6.29 Å². The highest BCUT2D eigenvalue weighted by atomic mass is 16.7. The van der Waals surface area contributed by atoms with Gasteiger partial charge in [0, 0.05) is 6.07 Å². The van der Waals surface area contributed by atoms with Crippen molar-refractivity contribution in [3.8, 4) is 17.2 Å². The van der Waals surface area contributed by atoms with E-state index in [-0.39, 0.29) is 17.2 Å². The SMILES string of the molecule is OC[C@@H]1O[C@@H](Oc2cc(O)cc(/C=C\c3ccc(O)cc3)c2)[C@H](O)[C@H](O)[C@@H]1O. The lowest BCUT2D eigenvalue weighted by Gasteiger charge is -2.39. The van der Waals surface area contributed by atoms with Crippen LogP contribution < -0.4 is 4.74 Å². The first-order chi connectivity index (χ1) is 13.4. The summed E-state index contributed by atoms with van der Waals surface area (Å²) in [6.45, 7) is -0.564. The van der Waals surface area contributed by atoms with Crippen molar-refractivity contribution in [2.45, 2.75) is 30.7 Å². The Kier molecular flexibility index (Phi) is 6.18. The number of aliphatic hydroxyl groups is 4. The Morgan fingerprint density at radius 1 is 0.821 bits per heavy atom. The minimum atomic E-state index is -1.55. The molecule has 0 radical (unpaired) electrons. The lowest BCUT2D eigenvalue weighted by molar-refractivity contribution is -0.277. The summed E-state index contributed by atoms with van der Waals surface area (Å²) < 4.78 is 10.8. The summed E-state index contributed by atoms with van der Waals surface area (Å²) in [4.78, 5) is 0. The third-order valence-electron chi connectivity index (χ3n) is 4.38. The fourth-order valence-electron chi connectivity index (χ4n) is 2.85. The van der Waals surface area contributed by atoms with Gasteiger partial charge in [0.05, 0.1) is 6.61 Å². The van der Waals surface area contributed by atoms with Crippen LogP contribution >= 0.6 is 0 Å². The Morgan fingerprint density at radius 2 is 1.50 bits per heavy atom. The fraction of sp³-hybridized carbons (Fsp3) is 0.300. The number of hydrogen-bond donors (Lipinski definition) is 6. The van der Waals surface area contributed by atoms with Crippen molar-refractivity contribution >= 4 is 12.2 Å². The van der Waals surface area contributed by atoms with Gasteiger partial charge in [-0.1, -0.05) is 24.3 Å². The number of rotatable bonds is 5. The van der Waals surface area contributed by atoms with Crippen LogP contribution in [0, 0.1) is 0 Å². The van der Waals surface area contributed by atoms with Gasteiger partial charge < -0.3 is 40.1 Å². The molecule has 8 heteroatoms. The van der Waals surface area contributed by atoms with Crippen LogP contribution in [0.15, 0.2) is 42.5 Å². The molecule has 150 valence electrons. The molecule has 1 aliphatic rings. The van der Waals surface area contributed by atoms with E-state index in [1.165, 1.54) is 12.1 Å². The maximum absolute atomic E-state index is 10.1. The lowest BCUT2D eigenvalue weighted by atomic mass is 9.99. The molecule has 0 bridgehead atoms. The van der Waals surface area contributed by atoms with Crippen LogP contribution in [0.3, 0.4) is 0 Å². The first-order valence-electron chi connectivity index (χ1n) is 8.65. The van der Waals surface area contributed by atoms with Gasteiger partial charge in [-0.3, -0.25) is 0 Å². The zero-order valence-electron chi connectivity index (χ0n) is 14.8. The minimum absolute atomic E-state index is 0.0903. The summed E-state index contributed by atoms with van der Waals surface area (Å²) in [7, 11) is 0. The van der Waals surface area contributed by atoms with E-state index < -0.39 is 37.3 Å². The highest BCUT2D eigenvalue weighted by molar-refractivity contribution is 5.71. The van der Waals surface area contributed by atoms with Gasteiger partial charge in [0.15, 0.2) is 0 Å². The van der Waals surface area contributed by atoms with Gasteiger partial charge in [0.25, 0.3) is 0 Å². The Bertz CT molecular complexity index is 817. The molecule has 0 aromatic heterocycles. The third-order valence-corrected chi connectivity index (χ3v) is 4.38. The average Bonchev–Trinajstić information content (AvgIpc) is 2.67. The monoisotopic (exact) mass is 390 g/mol. The number of ether oxygens (including phenoxy) is 2. The predicted molar refractivity (Wildman–Crippen MR) is 99.5 cm³/mol. The highest BCUT2D eigenvalue weighted by Crippen LogP contribution is 2.28. The van der Waals surface area contributed by atoms with Crippen molar-refractivity contribution in [1.29, 1.82) is 0 Å². The molecule has 0 aliphatic carbocycles. The van der Waals surface area contributed by atoms with Crippen LogP contribution in [0.5, 0.6) is 17.2 Å². The molecule has 0 amide bonds. The second-order valence-corrected chi connectivity index (χ2v) is 6.50. The first-order valence-corrected chi connectivity index (χ1v) is 8.65. The van der Waals surface area contributed by atoms with Crippen LogP contribution in [-0.4, -0.2) is 68.0 Å². The van der Waals surface area contributed by atoms with E-state index >= 15 is 0 Å². The average molecular weight is 390 g/mol.